The number of nitrogens with two attached hydrogens (primary N) is 1. The van der Waals surface area contributed by atoms with Crippen LogP contribution in [0.25, 0.3) is 11.1 Å². The molecule has 1 aromatic heterocycles. The van der Waals surface area contributed by atoms with Crippen LogP contribution >= 0.6 is 11.8 Å². The van der Waals surface area contributed by atoms with Crippen LogP contribution in [0, 0.1) is 0 Å². The number of esters is 1. The van der Waals surface area contributed by atoms with E-state index in [4.69, 9.17) is 14.9 Å². The van der Waals surface area contributed by atoms with E-state index < -0.39 is 0 Å². The molecule has 0 aliphatic rings. The van der Waals surface area contributed by atoms with E-state index in [0.717, 1.165) is 12.8 Å². The molecule has 0 unspecified atom stereocenters. The average Bonchev–Trinajstić information content (AvgIpc) is 2.78. The maximum atomic E-state index is 11.4. The minimum absolute atomic E-state index is 0.200. The molecule has 1 heterocycles. The Labute approximate surface area is 115 Å². The first-order chi connectivity index (χ1) is 9.19. The third-order valence-electron chi connectivity index (χ3n) is 2.47. The average molecular weight is 280 g/mol. The summed E-state index contributed by atoms with van der Waals surface area (Å²) in [5, 5.41) is 0.452. The fourth-order valence-electron chi connectivity index (χ4n) is 1.48. The van der Waals surface area contributed by atoms with Crippen molar-refractivity contribution < 1.29 is 13.9 Å². The highest BCUT2D eigenvalue weighted by atomic mass is 32.2. The molecule has 0 radical (unpaired) electrons. The molecule has 0 amide bonds. The molecular formula is C13H16N2O3S. The van der Waals surface area contributed by atoms with E-state index in [-0.39, 0.29) is 11.7 Å². The molecule has 2 N–H and O–H groups in total. The van der Waals surface area contributed by atoms with E-state index in [9.17, 15) is 4.79 Å². The van der Waals surface area contributed by atoms with E-state index in [1.165, 1.54) is 11.8 Å². The van der Waals surface area contributed by atoms with Gasteiger partial charge >= 0.3 is 5.97 Å². The highest BCUT2D eigenvalue weighted by Crippen LogP contribution is 2.24. The number of nitrogens with zero attached hydrogens (tertiary/aromatic N) is 1. The first-order valence-corrected chi connectivity index (χ1v) is 7.12. The Morgan fingerprint density at radius 2 is 2.37 bits per heavy atom. The summed E-state index contributed by atoms with van der Waals surface area (Å²) >= 11 is 1.23. The van der Waals surface area contributed by atoms with Crippen molar-refractivity contribution in [2.24, 2.45) is 0 Å². The molecule has 0 atom stereocenters. The molecule has 0 aliphatic carbocycles. The molecule has 6 heteroatoms. The number of thioether (sulfide) groups is 1. The Morgan fingerprint density at radius 3 is 3.16 bits per heavy atom. The molecule has 0 saturated carbocycles. The van der Waals surface area contributed by atoms with Gasteiger partial charge in [0.25, 0.3) is 5.22 Å². The zero-order chi connectivity index (χ0) is 13.7. The largest absolute Gasteiger partial charge is 0.465 e. The zero-order valence-corrected chi connectivity index (χ0v) is 11.5. The molecule has 5 nitrogen and oxygen atoms in total. The predicted molar refractivity (Wildman–Crippen MR) is 75.0 cm³/mol. The fraction of sp³-hybridized carbons (Fsp3) is 0.385. The van der Waals surface area contributed by atoms with Crippen molar-refractivity contribution in [3.63, 3.8) is 0 Å². The standard InChI is InChI=1S/C13H16N2O3S/c1-2-3-6-17-12(16)8-19-13-15-10-7-9(14)4-5-11(10)18-13/h4-5,7H,2-3,6,8,14H2,1H3. The third-order valence-corrected chi connectivity index (χ3v) is 3.27. The van der Waals surface area contributed by atoms with Gasteiger partial charge in [0.1, 0.15) is 11.3 Å². The number of oxazole rings is 1. The number of hydrogen-bond acceptors (Lipinski definition) is 6. The molecule has 0 fully saturated rings. The van der Waals surface area contributed by atoms with Gasteiger partial charge in [-0.15, -0.1) is 0 Å². The summed E-state index contributed by atoms with van der Waals surface area (Å²) < 4.78 is 10.5. The number of carbonyl (C=O) groups excluding carboxylic acids is 1. The lowest BCUT2D eigenvalue weighted by Crippen LogP contribution is -2.08. The number of anilines is 1. The highest BCUT2D eigenvalue weighted by Gasteiger charge is 2.10. The maximum absolute atomic E-state index is 11.4. The lowest BCUT2D eigenvalue weighted by atomic mass is 10.3. The fourth-order valence-corrected chi connectivity index (χ4v) is 2.11. The summed E-state index contributed by atoms with van der Waals surface area (Å²) in [7, 11) is 0. The Morgan fingerprint density at radius 1 is 1.53 bits per heavy atom. The quantitative estimate of drug-likeness (QED) is 0.379. The second kappa shape index (κ2) is 6.47. The molecular weight excluding hydrogens is 264 g/mol. The Kier molecular flexibility index (Phi) is 4.68. The van der Waals surface area contributed by atoms with Crippen molar-refractivity contribution in [1.82, 2.24) is 4.98 Å². The van der Waals surface area contributed by atoms with Crippen molar-refractivity contribution in [1.29, 1.82) is 0 Å². The van der Waals surface area contributed by atoms with Crippen molar-refractivity contribution in [3.05, 3.63) is 18.2 Å². The van der Waals surface area contributed by atoms with E-state index in [1.54, 1.807) is 18.2 Å². The monoisotopic (exact) mass is 280 g/mol. The van der Waals surface area contributed by atoms with Crippen LogP contribution in [0.2, 0.25) is 0 Å². The molecule has 2 aromatic rings. The van der Waals surface area contributed by atoms with Crippen LogP contribution in [0.5, 0.6) is 0 Å². The number of ether oxygens (including phenoxy) is 1. The number of nitrogen functional groups attached to an aromatic ring is 1. The zero-order valence-electron chi connectivity index (χ0n) is 10.7. The minimum atomic E-state index is -0.250. The van der Waals surface area contributed by atoms with Crippen molar-refractivity contribution >= 4 is 34.5 Å². The molecule has 1 aromatic carbocycles. The predicted octanol–water partition coefficient (Wildman–Crippen LogP) is 2.85. The lowest BCUT2D eigenvalue weighted by Gasteiger charge is -2.01. The van der Waals surface area contributed by atoms with Gasteiger partial charge in [-0.2, -0.15) is 0 Å². The number of rotatable bonds is 6. The first-order valence-electron chi connectivity index (χ1n) is 6.13. The van der Waals surface area contributed by atoms with Gasteiger partial charge in [0.15, 0.2) is 5.58 Å². The summed E-state index contributed by atoms with van der Waals surface area (Å²) in [6.45, 7) is 2.52. The molecule has 2 rings (SSSR count). The van der Waals surface area contributed by atoms with Gasteiger partial charge in [-0.1, -0.05) is 25.1 Å². The normalized spacial score (nSPS) is 10.8. The maximum Gasteiger partial charge on any atom is 0.316 e. The van der Waals surface area contributed by atoms with Crippen LogP contribution in [0.15, 0.2) is 27.8 Å². The van der Waals surface area contributed by atoms with Gasteiger partial charge in [-0.25, -0.2) is 4.98 Å². The van der Waals surface area contributed by atoms with Crippen LogP contribution < -0.4 is 5.73 Å². The van der Waals surface area contributed by atoms with E-state index in [2.05, 4.69) is 4.98 Å². The van der Waals surface area contributed by atoms with Gasteiger partial charge in [-0.05, 0) is 24.6 Å². The van der Waals surface area contributed by atoms with Crippen LogP contribution in [0.4, 0.5) is 5.69 Å². The molecule has 102 valence electrons. The molecule has 19 heavy (non-hydrogen) atoms. The highest BCUT2D eigenvalue weighted by molar-refractivity contribution is 7.99. The van der Waals surface area contributed by atoms with E-state index >= 15 is 0 Å². The second-order valence-corrected chi connectivity index (χ2v) is 5.00. The number of unbranched alkanes of at least 4 members (excludes halogenated alkanes) is 1. The molecule has 0 saturated heterocycles. The SMILES string of the molecule is CCCCOC(=O)CSc1nc2cc(N)ccc2o1. The first kappa shape index (κ1) is 13.7. The van der Waals surface area contributed by atoms with Gasteiger partial charge in [0.05, 0.1) is 6.61 Å². The summed E-state index contributed by atoms with van der Waals surface area (Å²) in [5.74, 6) is -0.0494. The third kappa shape index (κ3) is 3.89. The van der Waals surface area contributed by atoms with E-state index in [1.807, 2.05) is 6.92 Å². The molecule has 0 bridgehead atoms. The number of aromatic nitrogens is 1. The molecule has 0 spiro atoms. The second-order valence-electron chi connectivity index (χ2n) is 4.07. The summed E-state index contributed by atoms with van der Waals surface area (Å²) in [6, 6.07) is 5.25. The van der Waals surface area contributed by atoms with Crippen molar-refractivity contribution in [3.8, 4) is 0 Å². The van der Waals surface area contributed by atoms with Crippen molar-refractivity contribution in [2.45, 2.75) is 25.0 Å². The van der Waals surface area contributed by atoms with Gasteiger partial charge < -0.3 is 14.9 Å². The topological polar surface area (TPSA) is 78.3 Å². The van der Waals surface area contributed by atoms with Crippen LogP contribution in [-0.4, -0.2) is 23.3 Å². The Hall–Kier alpha value is -1.69. The van der Waals surface area contributed by atoms with Crippen LogP contribution in [0.3, 0.4) is 0 Å². The van der Waals surface area contributed by atoms with Gasteiger partial charge in [0, 0.05) is 5.69 Å². The van der Waals surface area contributed by atoms with Crippen LogP contribution in [0.1, 0.15) is 19.8 Å². The minimum Gasteiger partial charge on any atom is -0.465 e. The smallest absolute Gasteiger partial charge is 0.316 e. The van der Waals surface area contributed by atoms with Crippen molar-refractivity contribution in [2.75, 3.05) is 18.1 Å². The number of fused-ring (bicyclic) bond motifs is 1. The number of hydrogen-bond donors (Lipinski definition) is 1. The van der Waals surface area contributed by atoms with Gasteiger partial charge in [0.2, 0.25) is 0 Å². The van der Waals surface area contributed by atoms with Gasteiger partial charge in [-0.3, -0.25) is 4.79 Å². The molecule has 0 aliphatic heterocycles. The van der Waals surface area contributed by atoms with Crippen LogP contribution in [-0.2, 0) is 9.53 Å². The lowest BCUT2D eigenvalue weighted by molar-refractivity contribution is -0.140. The van der Waals surface area contributed by atoms with E-state index in [0.29, 0.717) is 28.6 Å². The number of carbonyl (C=O) groups is 1. The summed E-state index contributed by atoms with van der Waals surface area (Å²) in [6.07, 6.45) is 1.89. The Balaban J connectivity index is 1.89. The number of benzene rings is 1. The summed E-state index contributed by atoms with van der Waals surface area (Å²) in [5.41, 5.74) is 7.66. The summed E-state index contributed by atoms with van der Waals surface area (Å²) in [4.78, 5) is 15.7. The Bertz CT molecular complexity index is 568.